The largest absolute Gasteiger partial charge is 0.496 e. The third kappa shape index (κ3) is 4.04. The Morgan fingerprint density at radius 3 is 2.39 bits per heavy atom. The topological polar surface area (TPSA) is 113 Å². The molecule has 0 bridgehead atoms. The average Bonchev–Trinajstić information content (AvgIpc) is 2.76. The number of aliphatic hydroxyl groups is 1. The number of benzene rings is 2. The van der Waals surface area contributed by atoms with E-state index in [0.29, 0.717) is 29.0 Å². The third-order valence-corrected chi connectivity index (χ3v) is 6.19. The summed E-state index contributed by atoms with van der Waals surface area (Å²) in [5, 5.41) is 22.2. The van der Waals surface area contributed by atoms with Gasteiger partial charge in [-0.3, -0.25) is 4.79 Å². The maximum absolute atomic E-state index is 11.6. The van der Waals surface area contributed by atoms with Crippen LogP contribution in [0.5, 0.6) is 11.5 Å². The molecule has 5 atom stereocenters. The van der Waals surface area contributed by atoms with Gasteiger partial charge in [0.1, 0.15) is 24.4 Å². The summed E-state index contributed by atoms with van der Waals surface area (Å²) in [4.78, 5) is 11.6. The van der Waals surface area contributed by atoms with Crippen molar-refractivity contribution in [1.82, 2.24) is 0 Å². The zero-order valence-electron chi connectivity index (χ0n) is 19.2. The minimum atomic E-state index is -1.63. The molecule has 2 aliphatic heterocycles. The molecule has 2 heterocycles. The van der Waals surface area contributed by atoms with Crippen molar-refractivity contribution in [3.05, 3.63) is 35.4 Å². The number of fused-ring (bicyclic) bond motifs is 3. The van der Waals surface area contributed by atoms with E-state index in [1.165, 1.54) is 7.11 Å². The van der Waals surface area contributed by atoms with Crippen LogP contribution >= 0.6 is 0 Å². The first-order valence-electron chi connectivity index (χ1n) is 10.9. The van der Waals surface area contributed by atoms with Crippen LogP contribution < -0.4 is 9.47 Å². The van der Waals surface area contributed by atoms with Crippen molar-refractivity contribution < 1.29 is 43.4 Å². The van der Waals surface area contributed by atoms with Crippen molar-refractivity contribution in [2.45, 2.75) is 56.4 Å². The molecule has 0 radical (unpaired) electrons. The number of hydrogen-bond acceptors (Lipinski definition) is 8. The van der Waals surface area contributed by atoms with Gasteiger partial charge in [0.05, 0.1) is 44.5 Å². The van der Waals surface area contributed by atoms with Crippen LogP contribution in [0.15, 0.2) is 24.3 Å². The maximum atomic E-state index is 11.6. The third-order valence-electron chi connectivity index (χ3n) is 6.19. The Morgan fingerprint density at radius 1 is 1.12 bits per heavy atom. The number of aliphatic hydroxyl groups excluding tert-OH is 1. The van der Waals surface area contributed by atoms with E-state index in [1.807, 2.05) is 31.2 Å². The molecule has 2 aliphatic rings. The highest BCUT2D eigenvalue weighted by atomic mass is 16.7. The summed E-state index contributed by atoms with van der Waals surface area (Å²) < 4.78 is 35.6. The number of carboxylic acid groups (broad SMARTS) is 1. The number of methoxy groups -OCH3 is 3. The Morgan fingerprint density at radius 2 is 1.79 bits per heavy atom. The van der Waals surface area contributed by atoms with Crippen molar-refractivity contribution in [2.75, 3.05) is 28.1 Å². The van der Waals surface area contributed by atoms with E-state index in [-0.39, 0.29) is 19.6 Å². The minimum Gasteiger partial charge on any atom is -0.496 e. The molecule has 180 valence electrons. The molecule has 0 saturated carbocycles. The molecule has 2 aromatic rings. The molecule has 1 fully saturated rings. The van der Waals surface area contributed by atoms with E-state index in [1.54, 1.807) is 14.2 Å². The summed E-state index contributed by atoms with van der Waals surface area (Å²) >= 11 is 0. The molecule has 0 amide bonds. The second-order valence-corrected chi connectivity index (χ2v) is 8.40. The lowest BCUT2D eigenvalue weighted by atomic mass is 9.80. The maximum Gasteiger partial charge on any atom is 0.305 e. The second-order valence-electron chi connectivity index (χ2n) is 8.40. The molecule has 33 heavy (non-hydrogen) atoms. The molecule has 9 nitrogen and oxygen atoms in total. The minimum absolute atomic E-state index is 0.115. The summed E-state index contributed by atoms with van der Waals surface area (Å²) in [6.45, 7) is 1.71. The SMILES string of the molecule is COCO[C@@H]1[C@H](O)C[C@@H](C)O[C@@]12O[C@@H](CC(=O)O)Cc1c2c(OC)c2ccccc2c1OC. The molecule has 9 heteroatoms. The lowest BCUT2D eigenvalue weighted by Crippen LogP contribution is -2.61. The lowest BCUT2D eigenvalue weighted by Gasteiger charge is -2.52. The molecule has 0 aliphatic carbocycles. The second kappa shape index (κ2) is 9.44. The van der Waals surface area contributed by atoms with Gasteiger partial charge >= 0.3 is 5.97 Å². The molecule has 2 aromatic carbocycles. The first-order valence-corrected chi connectivity index (χ1v) is 10.9. The fourth-order valence-electron chi connectivity index (χ4n) is 5.11. The van der Waals surface area contributed by atoms with Crippen LogP contribution in [0.2, 0.25) is 0 Å². The zero-order chi connectivity index (χ0) is 23.8. The molecular formula is C24H30O9. The van der Waals surface area contributed by atoms with Crippen LogP contribution in [0.4, 0.5) is 0 Å². The number of rotatable bonds is 7. The van der Waals surface area contributed by atoms with Crippen molar-refractivity contribution in [3.8, 4) is 11.5 Å². The first-order chi connectivity index (χ1) is 15.9. The van der Waals surface area contributed by atoms with Gasteiger partial charge in [0.2, 0.25) is 5.79 Å². The van der Waals surface area contributed by atoms with E-state index in [9.17, 15) is 15.0 Å². The standard InChI is InChI=1S/C24H30O9/c1-13-9-18(25)23(31-12-28-2)24(32-13)20-17(10-14(33-24)11-19(26)27)21(29-3)15-7-5-6-8-16(15)22(20)30-4/h5-8,13-14,18,23,25H,9-12H2,1-4H3,(H,26,27)/t13-,14-,18-,23-,24+/m1/s1. The van der Waals surface area contributed by atoms with Crippen molar-refractivity contribution >= 4 is 16.7 Å². The highest BCUT2D eigenvalue weighted by molar-refractivity contribution is 5.96. The smallest absolute Gasteiger partial charge is 0.305 e. The highest BCUT2D eigenvalue weighted by Gasteiger charge is 2.58. The predicted octanol–water partition coefficient (Wildman–Crippen LogP) is 2.58. The molecule has 1 spiro atoms. The van der Waals surface area contributed by atoms with E-state index in [2.05, 4.69) is 0 Å². The predicted molar refractivity (Wildman–Crippen MR) is 117 cm³/mol. The van der Waals surface area contributed by atoms with Gasteiger partial charge in [0, 0.05) is 36.3 Å². The molecular weight excluding hydrogens is 432 g/mol. The molecule has 0 unspecified atom stereocenters. The fourth-order valence-corrected chi connectivity index (χ4v) is 5.11. The van der Waals surface area contributed by atoms with Gasteiger partial charge in [0.15, 0.2) is 0 Å². The average molecular weight is 462 g/mol. The Balaban J connectivity index is 2.05. The fraction of sp³-hybridized carbons (Fsp3) is 0.542. The van der Waals surface area contributed by atoms with Crippen LogP contribution in [-0.4, -0.2) is 68.7 Å². The number of hydrogen-bond donors (Lipinski definition) is 2. The quantitative estimate of drug-likeness (QED) is 0.600. The molecule has 0 aromatic heterocycles. The molecule has 2 N–H and O–H groups in total. The number of aliphatic carboxylic acids is 1. The van der Waals surface area contributed by atoms with Gasteiger partial charge in [-0.2, -0.15) is 0 Å². The van der Waals surface area contributed by atoms with Gasteiger partial charge in [-0.15, -0.1) is 0 Å². The Hall–Kier alpha value is -2.43. The van der Waals surface area contributed by atoms with E-state index in [0.717, 1.165) is 10.8 Å². The van der Waals surface area contributed by atoms with Gasteiger partial charge in [0.25, 0.3) is 0 Å². The Kier molecular flexibility index (Phi) is 6.78. The number of carbonyl (C=O) groups is 1. The van der Waals surface area contributed by atoms with Gasteiger partial charge < -0.3 is 38.6 Å². The summed E-state index contributed by atoms with van der Waals surface area (Å²) in [7, 11) is 4.60. The van der Waals surface area contributed by atoms with Crippen molar-refractivity contribution in [3.63, 3.8) is 0 Å². The van der Waals surface area contributed by atoms with Crippen LogP contribution in [0.3, 0.4) is 0 Å². The van der Waals surface area contributed by atoms with Crippen molar-refractivity contribution in [2.24, 2.45) is 0 Å². The lowest BCUT2D eigenvalue weighted by molar-refractivity contribution is -0.378. The summed E-state index contributed by atoms with van der Waals surface area (Å²) in [5.74, 6) is -1.56. The van der Waals surface area contributed by atoms with Crippen LogP contribution in [0.1, 0.15) is 30.9 Å². The summed E-state index contributed by atoms with van der Waals surface area (Å²) in [6.07, 6.45) is -2.79. The van der Waals surface area contributed by atoms with Crippen LogP contribution in [0, 0.1) is 0 Å². The van der Waals surface area contributed by atoms with E-state index < -0.39 is 36.2 Å². The van der Waals surface area contributed by atoms with Crippen LogP contribution in [0.25, 0.3) is 10.8 Å². The number of ether oxygens (including phenoxy) is 6. The monoisotopic (exact) mass is 462 g/mol. The Bertz CT molecular complexity index is 1020. The molecule has 4 rings (SSSR count). The van der Waals surface area contributed by atoms with Crippen molar-refractivity contribution in [1.29, 1.82) is 0 Å². The van der Waals surface area contributed by atoms with E-state index in [4.69, 9.17) is 28.4 Å². The zero-order valence-corrected chi connectivity index (χ0v) is 19.2. The highest BCUT2D eigenvalue weighted by Crippen LogP contribution is 2.54. The summed E-state index contributed by atoms with van der Waals surface area (Å²) in [6, 6.07) is 7.61. The Labute approximate surface area is 192 Å². The molecule has 1 saturated heterocycles. The van der Waals surface area contributed by atoms with Crippen LogP contribution in [-0.2, 0) is 35.9 Å². The first kappa shape index (κ1) is 23.7. The van der Waals surface area contributed by atoms with Gasteiger partial charge in [-0.05, 0) is 6.92 Å². The normalized spacial score (nSPS) is 29.1. The summed E-state index contributed by atoms with van der Waals surface area (Å²) in [5.41, 5.74) is 1.24. The van der Waals surface area contributed by atoms with E-state index >= 15 is 0 Å². The van der Waals surface area contributed by atoms with Gasteiger partial charge in [-0.1, -0.05) is 24.3 Å². The number of carboxylic acids is 1. The van der Waals surface area contributed by atoms with Gasteiger partial charge in [-0.25, -0.2) is 0 Å².